The SMILES string of the molecule is Cc1nn(Cc2ccccc2)c(C)c1CNC(=O)COC(=O)c1nn(C(C)C)c(=O)c2ccccc12. The van der Waals surface area contributed by atoms with E-state index >= 15 is 0 Å². The molecule has 2 heterocycles. The number of hydrogen-bond donors (Lipinski definition) is 1. The van der Waals surface area contributed by atoms with E-state index < -0.39 is 18.5 Å². The lowest BCUT2D eigenvalue weighted by atomic mass is 10.1. The maximum atomic E-state index is 12.8. The number of rotatable bonds is 8. The van der Waals surface area contributed by atoms with Crippen LogP contribution in [0.15, 0.2) is 59.4 Å². The maximum absolute atomic E-state index is 12.8. The van der Waals surface area contributed by atoms with Gasteiger partial charge in [-0.1, -0.05) is 48.5 Å². The van der Waals surface area contributed by atoms with Crippen molar-refractivity contribution < 1.29 is 14.3 Å². The van der Waals surface area contributed by atoms with Crippen molar-refractivity contribution in [1.29, 1.82) is 0 Å². The number of carbonyl (C=O) groups is 2. The molecule has 0 unspecified atom stereocenters. The highest BCUT2D eigenvalue weighted by molar-refractivity contribution is 6.02. The molecular weight excluding hydrogens is 458 g/mol. The molecule has 1 amide bonds. The van der Waals surface area contributed by atoms with Crippen molar-refractivity contribution in [1.82, 2.24) is 24.9 Å². The van der Waals surface area contributed by atoms with Crippen molar-refractivity contribution in [2.45, 2.75) is 46.8 Å². The first-order valence-electron chi connectivity index (χ1n) is 11.8. The zero-order chi connectivity index (χ0) is 25.8. The molecule has 1 N–H and O–H groups in total. The highest BCUT2D eigenvalue weighted by atomic mass is 16.5. The van der Waals surface area contributed by atoms with Crippen molar-refractivity contribution >= 4 is 22.6 Å². The molecule has 9 nitrogen and oxygen atoms in total. The number of esters is 1. The third kappa shape index (κ3) is 5.19. The minimum atomic E-state index is -0.765. The quantitative estimate of drug-likeness (QED) is 0.382. The van der Waals surface area contributed by atoms with Gasteiger partial charge in [0, 0.05) is 23.2 Å². The lowest BCUT2D eigenvalue weighted by Crippen LogP contribution is -2.31. The van der Waals surface area contributed by atoms with Gasteiger partial charge < -0.3 is 10.1 Å². The standard InChI is InChI=1S/C27H29N5O4/c1-17(2)32-26(34)22-13-9-8-12-21(22)25(30-32)27(35)36-16-24(33)28-14-23-18(3)29-31(19(23)4)15-20-10-6-5-7-11-20/h5-13,17H,14-16H2,1-4H3,(H,28,33). The van der Waals surface area contributed by atoms with E-state index in [9.17, 15) is 14.4 Å². The summed E-state index contributed by atoms with van der Waals surface area (Å²) in [7, 11) is 0. The molecule has 0 spiro atoms. The average molecular weight is 488 g/mol. The second kappa shape index (κ2) is 10.6. The Morgan fingerprint density at radius 3 is 2.33 bits per heavy atom. The van der Waals surface area contributed by atoms with Crippen molar-refractivity contribution in [2.75, 3.05) is 6.61 Å². The van der Waals surface area contributed by atoms with Crippen LogP contribution >= 0.6 is 0 Å². The summed E-state index contributed by atoms with van der Waals surface area (Å²) < 4.78 is 8.41. The van der Waals surface area contributed by atoms with Crippen LogP contribution in [-0.4, -0.2) is 38.0 Å². The van der Waals surface area contributed by atoms with Crippen molar-refractivity contribution in [2.24, 2.45) is 0 Å². The lowest BCUT2D eigenvalue weighted by molar-refractivity contribution is -0.124. The van der Waals surface area contributed by atoms with Crippen LogP contribution in [0.25, 0.3) is 10.8 Å². The van der Waals surface area contributed by atoms with Gasteiger partial charge in [-0.15, -0.1) is 0 Å². The number of aromatic nitrogens is 4. The predicted octanol–water partition coefficient (Wildman–Crippen LogP) is 3.31. The summed E-state index contributed by atoms with van der Waals surface area (Å²) in [5.74, 6) is -1.21. The Hall–Kier alpha value is -4.27. The van der Waals surface area contributed by atoms with E-state index in [1.807, 2.05) is 48.9 Å². The molecule has 4 aromatic rings. The summed E-state index contributed by atoms with van der Waals surface area (Å²) in [6.45, 7) is 7.91. The summed E-state index contributed by atoms with van der Waals surface area (Å²) >= 11 is 0. The topological polar surface area (TPSA) is 108 Å². The van der Waals surface area contributed by atoms with E-state index in [1.165, 1.54) is 4.68 Å². The Bertz CT molecular complexity index is 1470. The van der Waals surface area contributed by atoms with E-state index in [0.29, 0.717) is 17.3 Å². The second-order valence-electron chi connectivity index (χ2n) is 8.88. The van der Waals surface area contributed by atoms with Gasteiger partial charge in [-0.2, -0.15) is 10.2 Å². The fraction of sp³-hybridized carbons (Fsp3) is 0.296. The fourth-order valence-corrected chi connectivity index (χ4v) is 4.04. The van der Waals surface area contributed by atoms with Crippen LogP contribution in [0.1, 0.15) is 52.9 Å². The van der Waals surface area contributed by atoms with E-state index in [0.717, 1.165) is 22.5 Å². The number of hydrogen-bond acceptors (Lipinski definition) is 6. The molecule has 0 saturated carbocycles. The molecule has 186 valence electrons. The normalized spacial score (nSPS) is 11.1. The Morgan fingerprint density at radius 2 is 1.64 bits per heavy atom. The average Bonchev–Trinajstić information content (AvgIpc) is 3.13. The molecule has 0 fully saturated rings. The van der Waals surface area contributed by atoms with Gasteiger partial charge in [-0.25, -0.2) is 9.48 Å². The number of carbonyl (C=O) groups excluding carboxylic acids is 2. The summed E-state index contributed by atoms with van der Waals surface area (Å²) in [6.07, 6.45) is 0. The van der Waals surface area contributed by atoms with Crippen LogP contribution in [0.4, 0.5) is 0 Å². The highest BCUT2D eigenvalue weighted by Gasteiger charge is 2.20. The molecule has 0 aliphatic heterocycles. The molecule has 0 aliphatic carbocycles. The Balaban J connectivity index is 1.41. The molecule has 2 aromatic heterocycles. The van der Waals surface area contributed by atoms with Gasteiger partial charge in [0.15, 0.2) is 12.3 Å². The third-order valence-corrected chi connectivity index (χ3v) is 6.01. The van der Waals surface area contributed by atoms with Gasteiger partial charge >= 0.3 is 5.97 Å². The monoisotopic (exact) mass is 487 g/mol. The van der Waals surface area contributed by atoms with Crippen LogP contribution in [-0.2, 0) is 22.6 Å². The smallest absolute Gasteiger partial charge is 0.359 e. The van der Waals surface area contributed by atoms with Crippen molar-refractivity contribution in [3.05, 3.63) is 93.2 Å². The second-order valence-corrected chi connectivity index (χ2v) is 8.88. The van der Waals surface area contributed by atoms with Gasteiger partial charge in [0.1, 0.15) is 0 Å². The van der Waals surface area contributed by atoms with E-state index in [4.69, 9.17) is 4.74 Å². The number of benzene rings is 2. The highest BCUT2D eigenvalue weighted by Crippen LogP contribution is 2.17. The number of ether oxygens (including phenoxy) is 1. The first kappa shape index (κ1) is 24.8. The van der Waals surface area contributed by atoms with E-state index in [1.54, 1.807) is 38.1 Å². The van der Waals surface area contributed by atoms with Crippen molar-refractivity contribution in [3.8, 4) is 0 Å². The Kier molecular flexibility index (Phi) is 7.28. The third-order valence-electron chi connectivity index (χ3n) is 6.01. The molecule has 0 atom stereocenters. The number of nitrogens with zero attached hydrogens (tertiary/aromatic N) is 4. The van der Waals surface area contributed by atoms with Crippen LogP contribution in [0.3, 0.4) is 0 Å². The van der Waals surface area contributed by atoms with Gasteiger partial charge in [0.05, 0.1) is 23.7 Å². The minimum absolute atomic E-state index is 0.000534. The van der Waals surface area contributed by atoms with Crippen LogP contribution in [0, 0.1) is 13.8 Å². The molecule has 0 radical (unpaired) electrons. The molecule has 0 aliphatic rings. The Morgan fingerprint density at radius 1 is 0.972 bits per heavy atom. The first-order chi connectivity index (χ1) is 17.3. The van der Waals surface area contributed by atoms with Gasteiger partial charge in [-0.05, 0) is 39.3 Å². The number of nitrogens with one attached hydrogen (secondary N) is 1. The van der Waals surface area contributed by atoms with Crippen LogP contribution in [0.2, 0.25) is 0 Å². The predicted molar refractivity (Wildman–Crippen MR) is 136 cm³/mol. The van der Waals surface area contributed by atoms with Gasteiger partial charge in [0.2, 0.25) is 0 Å². The molecule has 36 heavy (non-hydrogen) atoms. The molecule has 9 heteroatoms. The van der Waals surface area contributed by atoms with E-state index in [-0.39, 0.29) is 23.8 Å². The Labute approximate surface area is 208 Å². The zero-order valence-electron chi connectivity index (χ0n) is 20.8. The zero-order valence-corrected chi connectivity index (χ0v) is 20.8. The van der Waals surface area contributed by atoms with Crippen LogP contribution < -0.4 is 10.9 Å². The lowest BCUT2D eigenvalue weighted by Gasteiger charge is -2.13. The number of amides is 1. The molecule has 0 saturated heterocycles. The summed E-state index contributed by atoms with van der Waals surface area (Å²) in [4.78, 5) is 38.0. The largest absolute Gasteiger partial charge is 0.451 e. The summed E-state index contributed by atoms with van der Waals surface area (Å²) in [6, 6.07) is 16.5. The number of fused-ring (bicyclic) bond motifs is 1. The molecule has 0 bridgehead atoms. The fourth-order valence-electron chi connectivity index (χ4n) is 4.04. The maximum Gasteiger partial charge on any atom is 0.359 e. The number of aryl methyl sites for hydroxylation is 1. The summed E-state index contributed by atoms with van der Waals surface area (Å²) in [5.41, 5.74) is 3.56. The first-order valence-corrected chi connectivity index (χ1v) is 11.8. The summed E-state index contributed by atoms with van der Waals surface area (Å²) in [5, 5.41) is 12.4. The van der Waals surface area contributed by atoms with Crippen molar-refractivity contribution in [3.63, 3.8) is 0 Å². The van der Waals surface area contributed by atoms with Gasteiger partial charge in [-0.3, -0.25) is 14.3 Å². The van der Waals surface area contributed by atoms with E-state index in [2.05, 4.69) is 15.5 Å². The van der Waals surface area contributed by atoms with Crippen LogP contribution in [0.5, 0.6) is 0 Å². The molecule has 4 rings (SSSR count). The molecular formula is C27H29N5O4. The molecule has 2 aromatic carbocycles. The van der Waals surface area contributed by atoms with Gasteiger partial charge in [0.25, 0.3) is 11.5 Å². The minimum Gasteiger partial charge on any atom is -0.451 e.